The largest absolute Gasteiger partial charge is 0.346 e. The number of nitrogens with two attached hydrogens (primary N) is 1. The van der Waals surface area contributed by atoms with Crippen LogP contribution in [0.5, 0.6) is 0 Å². The number of aromatic amines is 1. The molecular formula is C12H14F2N4O. The fourth-order valence-electron chi connectivity index (χ4n) is 1.85. The maximum atomic E-state index is 12.7. The summed E-state index contributed by atoms with van der Waals surface area (Å²) < 4.78 is 25.5. The average molecular weight is 268 g/mol. The summed E-state index contributed by atoms with van der Waals surface area (Å²) in [5.41, 5.74) is 6.11. The summed E-state index contributed by atoms with van der Waals surface area (Å²) in [7, 11) is 0. The SMILES string of the molecule is NCCC(NC(=O)c1ccnc2[nH]ccc12)C(F)F. The lowest BCUT2D eigenvalue weighted by atomic mass is 10.1. The van der Waals surface area contributed by atoms with Gasteiger partial charge in [-0.1, -0.05) is 0 Å². The first-order chi connectivity index (χ1) is 9.13. The highest BCUT2D eigenvalue weighted by Crippen LogP contribution is 2.16. The number of rotatable bonds is 5. The van der Waals surface area contributed by atoms with E-state index < -0.39 is 18.4 Å². The molecule has 4 N–H and O–H groups in total. The Morgan fingerprint density at radius 3 is 2.95 bits per heavy atom. The summed E-state index contributed by atoms with van der Waals surface area (Å²) >= 11 is 0. The van der Waals surface area contributed by atoms with Gasteiger partial charge in [0.1, 0.15) is 5.65 Å². The molecule has 0 fully saturated rings. The number of H-pyrrole nitrogens is 1. The van der Waals surface area contributed by atoms with Gasteiger partial charge in [-0.25, -0.2) is 13.8 Å². The van der Waals surface area contributed by atoms with E-state index >= 15 is 0 Å². The van der Waals surface area contributed by atoms with Crippen LogP contribution in [0, 0.1) is 0 Å². The molecule has 0 aliphatic carbocycles. The third kappa shape index (κ3) is 2.87. The molecule has 0 aliphatic rings. The van der Waals surface area contributed by atoms with Gasteiger partial charge >= 0.3 is 0 Å². The molecule has 0 aliphatic heterocycles. The first-order valence-electron chi connectivity index (χ1n) is 5.84. The Balaban J connectivity index is 2.21. The van der Waals surface area contributed by atoms with Crippen LogP contribution in [-0.2, 0) is 0 Å². The topological polar surface area (TPSA) is 83.8 Å². The standard InChI is InChI=1S/C12H14F2N4O/c13-10(14)9(1-4-15)18-12(19)8-3-6-17-11-7(8)2-5-16-11/h2-3,5-6,9-10H,1,4,15H2,(H,16,17)(H,18,19). The van der Waals surface area contributed by atoms with E-state index in [0.717, 1.165) is 0 Å². The van der Waals surface area contributed by atoms with E-state index in [2.05, 4.69) is 15.3 Å². The van der Waals surface area contributed by atoms with Gasteiger partial charge in [-0.2, -0.15) is 0 Å². The van der Waals surface area contributed by atoms with Crippen LogP contribution >= 0.6 is 0 Å². The number of nitrogens with zero attached hydrogens (tertiary/aromatic N) is 1. The molecule has 0 aromatic carbocycles. The van der Waals surface area contributed by atoms with Crippen LogP contribution in [-0.4, -0.2) is 34.9 Å². The number of nitrogens with one attached hydrogen (secondary N) is 2. The molecule has 0 spiro atoms. The number of aromatic nitrogens is 2. The molecule has 2 rings (SSSR count). The van der Waals surface area contributed by atoms with Crippen molar-refractivity contribution in [2.24, 2.45) is 5.73 Å². The van der Waals surface area contributed by atoms with Gasteiger partial charge < -0.3 is 16.0 Å². The summed E-state index contributed by atoms with van der Waals surface area (Å²) in [4.78, 5) is 18.9. The molecule has 1 unspecified atom stereocenters. The number of alkyl halides is 2. The molecule has 0 radical (unpaired) electrons. The molecule has 2 heterocycles. The van der Waals surface area contributed by atoms with Gasteiger partial charge in [0.2, 0.25) is 0 Å². The van der Waals surface area contributed by atoms with Gasteiger partial charge in [0.05, 0.1) is 11.6 Å². The predicted octanol–water partition coefficient (Wildman–Crippen LogP) is 1.28. The number of carbonyl (C=O) groups excluding carboxylic acids is 1. The third-order valence-electron chi connectivity index (χ3n) is 2.80. The van der Waals surface area contributed by atoms with Crippen molar-refractivity contribution in [3.63, 3.8) is 0 Å². The molecule has 1 atom stereocenters. The van der Waals surface area contributed by atoms with Gasteiger partial charge in [-0.3, -0.25) is 4.79 Å². The van der Waals surface area contributed by atoms with Crippen molar-refractivity contribution < 1.29 is 13.6 Å². The molecule has 5 nitrogen and oxygen atoms in total. The summed E-state index contributed by atoms with van der Waals surface area (Å²) in [6.07, 6.45) is 0.480. The van der Waals surface area contributed by atoms with E-state index in [1.54, 1.807) is 12.3 Å². The molecule has 0 bridgehead atoms. The zero-order valence-corrected chi connectivity index (χ0v) is 10.1. The number of halogens is 2. The van der Waals surface area contributed by atoms with Crippen LogP contribution in [0.3, 0.4) is 0 Å². The maximum Gasteiger partial charge on any atom is 0.258 e. The first-order valence-corrected chi connectivity index (χ1v) is 5.84. The van der Waals surface area contributed by atoms with E-state index in [-0.39, 0.29) is 13.0 Å². The quantitative estimate of drug-likeness (QED) is 0.763. The highest BCUT2D eigenvalue weighted by molar-refractivity contribution is 6.05. The van der Waals surface area contributed by atoms with Gasteiger partial charge in [-0.15, -0.1) is 0 Å². The molecule has 19 heavy (non-hydrogen) atoms. The van der Waals surface area contributed by atoms with Crippen molar-refractivity contribution in [2.45, 2.75) is 18.9 Å². The smallest absolute Gasteiger partial charge is 0.258 e. The lowest BCUT2D eigenvalue weighted by molar-refractivity contribution is 0.0733. The molecular weight excluding hydrogens is 254 g/mol. The zero-order valence-electron chi connectivity index (χ0n) is 10.1. The van der Waals surface area contributed by atoms with E-state index in [1.807, 2.05) is 0 Å². The van der Waals surface area contributed by atoms with Crippen molar-refractivity contribution in [3.05, 3.63) is 30.1 Å². The highest BCUT2D eigenvalue weighted by atomic mass is 19.3. The zero-order chi connectivity index (χ0) is 13.8. The number of hydrogen-bond acceptors (Lipinski definition) is 3. The number of pyridine rings is 1. The van der Waals surface area contributed by atoms with E-state index in [9.17, 15) is 13.6 Å². The Morgan fingerprint density at radius 2 is 2.26 bits per heavy atom. The van der Waals surface area contributed by atoms with Crippen LogP contribution in [0.15, 0.2) is 24.5 Å². The minimum Gasteiger partial charge on any atom is -0.346 e. The summed E-state index contributed by atoms with van der Waals surface area (Å²) in [6, 6.07) is 1.94. The number of amides is 1. The molecule has 2 aromatic rings. The Hall–Kier alpha value is -2.02. The Morgan fingerprint density at radius 1 is 1.47 bits per heavy atom. The van der Waals surface area contributed by atoms with Crippen molar-refractivity contribution in [1.29, 1.82) is 0 Å². The summed E-state index contributed by atoms with van der Waals surface area (Å²) in [5, 5.41) is 2.90. The minimum atomic E-state index is -2.64. The van der Waals surface area contributed by atoms with Gasteiger partial charge in [0.25, 0.3) is 12.3 Å². The Kier molecular flexibility index (Phi) is 4.06. The fourth-order valence-corrected chi connectivity index (χ4v) is 1.85. The van der Waals surface area contributed by atoms with Crippen LogP contribution < -0.4 is 11.1 Å². The first kappa shape index (κ1) is 13.4. The monoisotopic (exact) mass is 268 g/mol. The predicted molar refractivity (Wildman–Crippen MR) is 67.0 cm³/mol. The number of hydrogen-bond donors (Lipinski definition) is 3. The van der Waals surface area contributed by atoms with E-state index in [0.29, 0.717) is 16.6 Å². The fraction of sp³-hybridized carbons (Fsp3) is 0.333. The molecule has 2 aromatic heterocycles. The van der Waals surface area contributed by atoms with E-state index in [1.165, 1.54) is 12.3 Å². The number of carbonyl (C=O) groups is 1. The van der Waals surface area contributed by atoms with Crippen LogP contribution in [0.4, 0.5) is 8.78 Å². The lowest BCUT2D eigenvalue weighted by Crippen LogP contribution is -2.41. The summed E-state index contributed by atoms with van der Waals surface area (Å²) in [5.74, 6) is -0.550. The van der Waals surface area contributed by atoms with Gasteiger partial charge in [0, 0.05) is 17.8 Å². The maximum absolute atomic E-state index is 12.7. The average Bonchev–Trinajstić information content (AvgIpc) is 2.85. The second-order valence-corrected chi connectivity index (χ2v) is 4.09. The second-order valence-electron chi connectivity index (χ2n) is 4.09. The summed E-state index contributed by atoms with van der Waals surface area (Å²) in [6.45, 7) is 0.0885. The molecule has 0 saturated carbocycles. The van der Waals surface area contributed by atoms with Crippen molar-refractivity contribution in [1.82, 2.24) is 15.3 Å². The van der Waals surface area contributed by atoms with Gasteiger partial charge in [-0.05, 0) is 25.1 Å². The van der Waals surface area contributed by atoms with Crippen LogP contribution in [0.1, 0.15) is 16.8 Å². The Bertz CT molecular complexity index is 570. The molecule has 1 amide bonds. The van der Waals surface area contributed by atoms with Crippen molar-refractivity contribution in [3.8, 4) is 0 Å². The highest BCUT2D eigenvalue weighted by Gasteiger charge is 2.23. The normalized spacial score (nSPS) is 12.8. The van der Waals surface area contributed by atoms with Gasteiger partial charge in [0.15, 0.2) is 0 Å². The molecule has 102 valence electrons. The lowest BCUT2D eigenvalue weighted by Gasteiger charge is -2.17. The molecule has 0 saturated heterocycles. The van der Waals surface area contributed by atoms with Crippen LogP contribution in [0.25, 0.3) is 11.0 Å². The molecule has 7 heteroatoms. The third-order valence-corrected chi connectivity index (χ3v) is 2.80. The number of fused-ring (bicyclic) bond motifs is 1. The second kappa shape index (κ2) is 5.75. The minimum absolute atomic E-state index is 0.0325. The Labute approximate surface area is 108 Å². The van der Waals surface area contributed by atoms with Crippen molar-refractivity contribution in [2.75, 3.05) is 6.54 Å². The van der Waals surface area contributed by atoms with Crippen LogP contribution in [0.2, 0.25) is 0 Å². The van der Waals surface area contributed by atoms with Crippen molar-refractivity contribution >= 4 is 16.9 Å². The van der Waals surface area contributed by atoms with E-state index in [4.69, 9.17) is 5.73 Å².